The molecular formula is C52H40Cl4N14O4. The summed E-state index contributed by atoms with van der Waals surface area (Å²) in [5.74, 6) is 1.39. The van der Waals surface area contributed by atoms with Crippen molar-refractivity contribution in [3.8, 4) is 34.0 Å². The first kappa shape index (κ1) is 48.9. The van der Waals surface area contributed by atoms with Gasteiger partial charge in [0.05, 0.1) is 57.1 Å². The number of nitrogens with one attached hydrogen (secondary N) is 4. The van der Waals surface area contributed by atoms with Crippen LogP contribution in [0.2, 0.25) is 20.1 Å². The second-order valence-corrected chi connectivity index (χ2v) is 17.8. The Morgan fingerprint density at radius 3 is 1.72 bits per heavy atom. The molecule has 10 rings (SSSR count). The van der Waals surface area contributed by atoms with Crippen molar-refractivity contribution in [2.45, 2.75) is 13.1 Å². The molecule has 370 valence electrons. The van der Waals surface area contributed by atoms with Crippen molar-refractivity contribution in [2.24, 2.45) is 0 Å². The highest BCUT2D eigenvalue weighted by molar-refractivity contribution is 6.44. The van der Waals surface area contributed by atoms with Gasteiger partial charge >= 0.3 is 12.1 Å². The first-order chi connectivity index (χ1) is 36.0. The number of fused-ring (bicyclic) bond motifs is 2. The minimum atomic E-state index is -0.873. The Hall–Kier alpha value is -8.68. The van der Waals surface area contributed by atoms with Crippen molar-refractivity contribution in [2.75, 3.05) is 45.5 Å². The number of carbonyl (C=O) groups excluding carboxylic acids is 2. The van der Waals surface area contributed by atoms with E-state index in [4.69, 9.17) is 65.8 Å². The molecule has 0 fully saturated rings. The van der Waals surface area contributed by atoms with E-state index >= 15 is 9.59 Å². The van der Waals surface area contributed by atoms with Gasteiger partial charge in [0, 0.05) is 97.9 Å². The average molecular weight is 1070 g/mol. The molecule has 0 saturated carbocycles. The van der Waals surface area contributed by atoms with Gasteiger partial charge in [-0.25, -0.2) is 29.5 Å². The van der Waals surface area contributed by atoms with Crippen LogP contribution in [0.5, 0.6) is 11.5 Å². The summed E-state index contributed by atoms with van der Waals surface area (Å²) < 4.78 is 15.1. The highest BCUT2D eigenvalue weighted by Crippen LogP contribution is 2.41. The van der Waals surface area contributed by atoms with Crippen LogP contribution in [0.1, 0.15) is 11.1 Å². The number of carbonyl (C=O) groups is 2. The highest BCUT2D eigenvalue weighted by atomic mass is 35.5. The first-order valence-corrected chi connectivity index (χ1v) is 24.0. The normalized spacial score (nSPS) is 11.1. The largest absolute Gasteiger partial charge is 0.495 e. The first-order valence-electron chi connectivity index (χ1n) is 22.5. The van der Waals surface area contributed by atoms with E-state index in [1.54, 1.807) is 79.8 Å². The summed E-state index contributed by atoms with van der Waals surface area (Å²) in [5, 5.41) is 15.3. The Labute approximate surface area is 442 Å². The number of benzene rings is 4. The number of imidazole rings is 2. The average Bonchev–Trinajstić information content (AvgIpc) is 4.12. The third kappa shape index (κ3) is 10.5. The molecule has 0 atom stereocenters. The fraction of sp³-hybridized carbons (Fsp3) is 0.0769. The van der Waals surface area contributed by atoms with E-state index in [0.717, 1.165) is 21.1 Å². The molecule has 6 heterocycles. The number of rotatable bonds is 14. The minimum absolute atomic E-state index is 0.0328. The molecule has 0 saturated heterocycles. The van der Waals surface area contributed by atoms with E-state index in [1.165, 1.54) is 38.5 Å². The van der Waals surface area contributed by atoms with Crippen molar-refractivity contribution in [1.29, 1.82) is 0 Å². The number of methoxy groups -OCH3 is 2. The van der Waals surface area contributed by atoms with Crippen LogP contribution >= 0.6 is 46.4 Å². The smallest absolute Gasteiger partial charge is 0.346 e. The Kier molecular flexibility index (Phi) is 14.3. The van der Waals surface area contributed by atoms with Crippen molar-refractivity contribution >= 4 is 104 Å². The molecule has 74 heavy (non-hydrogen) atoms. The van der Waals surface area contributed by atoms with Gasteiger partial charge in [-0.2, -0.15) is 10.0 Å². The number of aromatic nitrogens is 8. The molecule has 10 aromatic rings. The Bertz CT molecular complexity index is 3700. The standard InChI is InChI=1S/C52H40Cl4N14O4/c1-73-45-26-46(74-2)44(25-40(45)56)70(51(71)63-35-7-3-5-33(21-35)42-29-67-19-17-59-49(67)47(64-42)61-27-31-9-13-57-14-10-31)69(52(72)66-41-24-38(54)37(53)23-39(41)55)36-8-4-6-34(22-36)43-30-68-20-18-60-50(68)48(65-43)62-28-32-11-15-58-16-12-32/h3-26,29-30H,27-28H2,1-2H3,(H,61,64)(H,62,65)(H,63,71)(H,66,72). The topological polar surface area (TPSA) is 193 Å². The van der Waals surface area contributed by atoms with Gasteiger partial charge in [0.1, 0.15) is 17.2 Å². The van der Waals surface area contributed by atoms with Crippen LogP contribution in [0.15, 0.2) is 159 Å². The summed E-state index contributed by atoms with van der Waals surface area (Å²) in [6.07, 6.45) is 17.5. The number of hydrazine groups is 1. The molecule has 0 aliphatic heterocycles. The molecule has 22 heteroatoms. The number of hydrogen-bond acceptors (Lipinski definition) is 12. The van der Waals surface area contributed by atoms with Crippen molar-refractivity contribution in [3.63, 3.8) is 0 Å². The number of halogens is 4. The van der Waals surface area contributed by atoms with Crippen LogP contribution in [0.3, 0.4) is 0 Å². The van der Waals surface area contributed by atoms with E-state index in [9.17, 15) is 0 Å². The minimum Gasteiger partial charge on any atom is -0.495 e. The van der Waals surface area contributed by atoms with E-state index in [-0.39, 0.29) is 48.7 Å². The lowest BCUT2D eigenvalue weighted by molar-refractivity contribution is 0.248. The molecule has 0 spiro atoms. The fourth-order valence-electron chi connectivity index (χ4n) is 7.91. The molecule has 18 nitrogen and oxygen atoms in total. The lowest BCUT2D eigenvalue weighted by Gasteiger charge is -2.35. The third-order valence-corrected chi connectivity index (χ3v) is 12.8. The van der Waals surface area contributed by atoms with Crippen molar-refractivity contribution in [1.82, 2.24) is 38.7 Å². The maximum atomic E-state index is 15.5. The zero-order chi connectivity index (χ0) is 51.3. The summed E-state index contributed by atoms with van der Waals surface area (Å²) >= 11 is 26.3. The molecule has 0 bridgehead atoms. The van der Waals surface area contributed by atoms with Crippen LogP contribution < -0.4 is 40.8 Å². The summed E-state index contributed by atoms with van der Waals surface area (Å²) in [7, 11) is 2.85. The maximum Gasteiger partial charge on any atom is 0.346 e. The quantitative estimate of drug-likeness (QED) is 0.0596. The van der Waals surface area contributed by atoms with Gasteiger partial charge in [-0.15, -0.1) is 0 Å². The molecule has 4 N–H and O–H groups in total. The summed E-state index contributed by atoms with van der Waals surface area (Å²) in [6.45, 7) is 0.908. The molecule has 4 amide bonds. The van der Waals surface area contributed by atoms with Crippen LogP contribution in [0.25, 0.3) is 33.8 Å². The zero-order valence-corrected chi connectivity index (χ0v) is 42.1. The summed E-state index contributed by atoms with van der Waals surface area (Å²) in [6, 6.07) is 25.7. The second kappa shape index (κ2) is 21.6. The highest BCUT2D eigenvalue weighted by Gasteiger charge is 2.34. The van der Waals surface area contributed by atoms with Gasteiger partial charge in [-0.1, -0.05) is 70.7 Å². The van der Waals surface area contributed by atoms with Gasteiger partial charge < -0.3 is 39.5 Å². The lowest BCUT2D eigenvalue weighted by atomic mass is 10.1. The molecule has 0 aliphatic rings. The van der Waals surface area contributed by atoms with Crippen LogP contribution in [-0.2, 0) is 13.1 Å². The summed E-state index contributed by atoms with van der Waals surface area (Å²) in [5.41, 5.74) is 6.10. The Morgan fingerprint density at radius 1 is 0.568 bits per heavy atom. The lowest BCUT2D eigenvalue weighted by Crippen LogP contribution is -2.54. The number of urea groups is 2. The number of anilines is 6. The van der Waals surface area contributed by atoms with E-state index in [2.05, 4.69) is 41.2 Å². The monoisotopic (exact) mass is 1060 g/mol. The van der Waals surface area contributed by atoms with Gasteiger partial charge in [0.25, 0.3) is 0 Å². The SMILES string of the molecule is COc1cc(OC)c(N(C(=O)Nc2cccc(-c3cn4ccnc4c(NCc4ccncc4)n3)c2)N(C(=O)Nc2cc(Cl)c(Cl)cc2Cl)c2cccc(-c3cn4ccnc4c(NCc4ccncc4)n3)c2)cc1Cl. The van der Waals surface area contributed by atoms with Gasteiger partial charge in [0.2, 0.25) is 0 Å². The van der Waals surface area contributed by atoms with Gasteiger partial charge in [0.15, 0.2) is 22.9 Å². The van der Waals surface area contributed by atoms with E-state index in [0.29, 0.717) is 64.2 Å². The molecule has 0 unspecified atom stereocenters. The van der Waals surface area contributed by atoms with Crippen LogP contribution in [-0.4, -0.2) is 65.0 Å². The molecule has 6 aromatic heterocycles. The molecular weight excluding hydrogens is 1030 g/mol. The van der Waals surface area contributed by atoms with Crippen LogP contribution in [0, 0.1) is 0 Å². The number of pyridine rings is 2. The van der Waals surface area contributed by atoms with E-state index in [1.807, 2.05) is 63.8 Å². The predicted molar refractivity (Wildman–Crippen MR) is 289 cm³/mol. The summed E-state index contributed by atoms with van der Waals surface area (Å²) in [4.78, 5) is 58.0. The number of nitrogens with zero attached hydrogens (tertiary/aromatic N) is 10. The van der Waals surface area contributed by atoms with E-state index < -0.39 is 12.1 Å². The zero-order valence-electron chi connectivity index (χ0n) is 39.0. The van der Waals surface area contributed by atoms with Crippen molar-refractivity contribution < 1.29 is 19.1 Å². The van der Waals surface area contributed by atoms with Crippen LogP contribution in [0.4, 0.5) is 44.0 Å². The number of hydrogen-bond donors (Lipinski definition) is 4. The number of ether oxygens (including phenoxy) is 2. The van der Waals surface area contributed by atoms with Gasteiger partial charge in [-0.3, -0.25) is 9.97 Å². The second-order valence-electron chi connectivity index (χ2n) is 16.2. The number of amides is 4. The predicted octanol–water partition coefficient (Wildman–Crippen LogP) is 12.4. The molecule has 0 aliphatic carbocycles. The maximum absolute atomic E-state index is 15.5. The van der Waals surface area contributed by atoms with Crippen molar-refractivity contribution in [3.05, 3.63) is 190 Å². The molecule has 4 aromatic carbocycles. The molecule has 0 radical (unpaired) electrons. The third-order valence-electron chi connectivity index (χ3n) is 11.5. The van der Waals surface area contributed by atoms with Gasteiger partial charge in [-0.05, 0) is 77.9 Å². The Morgan fingerprint density at radius 2 is 1.12 bits per heavy atom. The fourth-order valence-corrected chi connectivity index (χ4v) is 8.74. The Balaban J connectivity index is 1.07.